The summed E-state index contributed by atoms with van der Waals surface area (Å²) in [5, 5.41) is 3.48. The van der Waals surface area contributed by atoms with Crippen LogP contribution >= 0.6 is 11.6 Å². The highest BCUT2D eigenvalue weighted by molar-refractivity contribution is 6.30. The van der Waals surface area contributed by atoms with E-state index in [1.807, 2.05) is 20.8 Å². The quantitative estimate of drug-likeness (QED) is 0.923. The molecule has 0 aliphatic heterocycles. The molecule has 0 saturated heterocycles. The van der Waals surface area contributed by atoms with Gasteiger partial charge in [0.2, 0.25) is 0 Å². The number of anilines is 1. The molecule has 1 heterocycles. The van der Waals surface area contributed by atoms with E-state index in [2.05, 4.69) is 15.3 Å². The summed E-state index contributed by atoms with van der Waals surface area (Å²) in [7, 11) is 0. The van der Waals surface area contributed by atoms with E-state index >= 15 is 0 Å². The van der Waals surface area contributed by atoms with Crippen molar-refractivity contribution in [3.63, 3.8) is 0 Å². The molecule has 0 bridgehead atoms. The Hall–Kier alpha value is -1.68. The van der Waals surface area contributed by atoms with Crippen molar-refractivity contribution in [2.75, 3.05) is 11.9 Å². The van der Waals surface area contributed by atoms with Crippen LogP contribution in [0.25, 0.3) is 11.3 Å². The number of aryl methyl sites for hydroxylation is 2. The molecule has 2 rings (SSSR count). The molecule has 0 saturated carbocycles. The summed E-state index contributed by atoms with van der Waals surface area (Å²) in [6, 6.07) is 4.55. The van der Waals surface area contributed by atoms with Gasteiger partial charge in [-0.3, -0.25) is 0 Å². The minimum absolute atomic E-state index is 0.364. The second kappa shape index (κ2) is 5.53. The van der Waals surface area contributed by atoms with Crippen LogP contribution in [0, 0.1) is 19.7 Å². The van der Waals surface area contributed by atoms with E-state index in [1.165, 1.54) is 6.07 Å². The van der Waals surface area contributed by atoms with Crippen LogP contribution in [-0.2, 0) is 0 Å². The van der Waals surface area contributed by atoms with Gasteiger partial charge in [-0.2, -0.15) is 0 Å². The van der Waals surface area contributed by atoms with Crippen molar-refractivity contribution >= 4 is 17.4 Å². The maximum atomic E-state index is 14.0. The van der Waals surface area contributed by atoms with Gasteiger partial charge in [-0.1, -0.05) is 11.6 Å². The van der Waals surface area contributed by atoms with Gasteiger partial charge < -0.3 is 5.32 Å². The van der Waals surface area contributed by atoms with Gasteiger partial charge in [0.05, 0.1) is 11.4 Å². The van der Waals surface area contributed by atoms with E-state index in [-0.39, 0.29) is 0 Å². The molecule has 5 heteroatoms. The summed E-state index contributed by atoms with van der Waals surface area (Å²) in [5.41, 5.74) is 2.52. The lowest BCUT2D eigenvalue weighted by Crippen LogP contribution is -2.06. The summed E-state index contributed by atoms with van der Waals surface area (Å²) in [4.78, 5) is 8.87. The third-order valence-corrected chi connectivity index (χ3v) is 3.07. The van der Waals surface area contributed by atoms with Crippen LogP contribution < -0.4 is 5.32 Å². The fraction of sp³-hybridized carbons (Fsp3) is 0.286. The Labute approximate surface area is 116 Å². The lowest BCUT2D eigenvalue weighted by molar-refractivity contribution is 0.630. The zero-order valence-corrected chi connectivity index (χ0v) is 11.8. The standard InChI is InChI=1S/C14H15ClFN3/c1-4-17-14-13(18-8(2)9(3)19-14)11-6-5-10(15)7-12(11)16/h5-7H,4H2,1-3H3,(H,17,19). The van der Waals surface area contributed by atoms with E-state index in [0.29, 0.717) is 28.6 Å². The highest BCUT2D eigenvalue weighted by Crippen LogP contribution is 2.29. The predicted molar refractivity (Wildman–Crippen MR) is 76.1 cm³/mol. The minimum atomic E-state index is -0.399. The maximum Gasteiger partial charge on any atom is 0.153 e. The Morgan fingerprint density at radius 2 is 1.89 bits per heavy atom. The summed E-state index contributed by atoms with van der Waals surface area (Å²) in [6.07, 6.45) is 0. The Morgan fingerprint density at radius 1 is 1.21 bits per heavy atom. The molecule has 3 nitrogen and oxygen atoms in total. The Kier molecular flexibility index (Phi) is 4.00. The number of nitrogens with zero attached hydrogens (tertiary/aromatic N) is 2. The van der Waals surface area contributed by atoms with E-state index in [0.717, 1.165) is 11.4 Å². The molecule has 0 unspecified atom stereocenters. The monoisotopic (exact) mass is 279 g/mol. The molecule has 1 aromatic heterocycles. The molecule has 0 atom stereocenters. The van der Waals surface area contributed by atoms with Crippen molar-refractivity contribution in [2.45, 2.75) is 20.8 Å². The number of hydrogen-bond acceptors (Lipinski definition) is 3. The first kappa shape index (κ1) is 13.7. The van der Waals surface area contributed by atoms with E-state index < -0.39 is 5.82 Å². The fourth-order valence-corrected chi connectivity index (χ4v) is 1.92. The highest BCUT2D eigenvalue weighted by atomic mass is 35.5. The van der Waals surface area contributed by atoms with Gasteiger partial charge in [0.25, 0.3) is 0 Å². The van der Waals surface area contributed by atoms with Gasteiger partial charge >= 0.3 is 0 Å². The third-order valence-electron chi connectivity index (χ3n) is 2.84. The molecule has 0 spiro atoms. The van der Waals surface area contributed by atoms with Gasteiger partial charge in [0, 0.05) is 17.1 Å². The topological polar surface area (TPSA) is 37.8 Å². The maximum absolute atomic E-state index is 14.0. The van der Waals surface area contributed by atoms with Crippen LogP contribution in [0.3, 0.4) is 0 Å². The SMILES string of the molecule is CCNc1nc(C)c(C)nc1-c1ccc(Cl)cc1F. The average Bonchev–Trinajstić information content (AvgIpc) is 2.34. The Morgan fingerprint density at radius 3 is 2.53 bits per heavy atom. The first-order valence-electron chi connectivity index (χ1n) is 6.07. The Balaban J connectivity index is 2.62. The zero-order chi connectivity index (χ0) is 14.0. The first-order valence-corrected chi connectivity index (χ1v) is 6.45. The van der Waals surface area contributed by atoms with E-state index in [4.69, 9.17) is 11.6 Å². The van der Waals surface area contributed by atoms with Gasteiger partial charge in [0.15, 0.2) is 5.82 Å². The third kappa shape index (κ3) is 2.84. The molecule has 0 fully saturated rings. The number of benzene rings is 1. The van der Waals surface area contributed by atoms with Crippen molar-refractivity contribution < 1.29 is 4.39 Å². The van der Waals surface area contributed by atoms with Crippen molar-refractivity contribution in [3.8, 4) is 11.3 Å². The number of hydrogen-bond donors (Lipinski definition) is 1. The molecular weight excluding hydrogens is 265 g/mol. The molecule has 0 radical (unpaired) electrons. The molecule has 0 aliphatic carbocycles. The summed E-state index contributed by atoms with van der Waals surface area (Å²) < 4.78 is 14.0. The highest BCUT2D eigenvalue weighted by Gasteiger charge is 2.14. The van der Waals surface area contributed by atoms with Crippen LogP contribution in [0.4, 0.5) is 10.2 Å². The molecular formula is C14H15ClFN3. The Bertz CT molecular complexity index is 614. The number of nitrogens with one attached hydrogen (secondary N) is 1. The van der Waals surface area contributed by atoms with Crippen LogP contribution in [-0.4, -0.2) is 16.5 Å². The van der Waals surface area contributed by atoms with Gasteiger partial charge in [-0.15, -0.1) is 0 Å². The molecule has 0 amide bonds. The fourth-order valence-electron chi connectivity index (χ4n) is 1.76. The summed E-state index contributed by atoms with van der Waals surface area (Å²) >= 11 is 5.77. The normalized spacial score (nSPS) is 10.6. The van der Waals surface area contributed by atoms with E-state index in [9.17, 15) is 4.39 Å². The predicted octanol–water partition coefficient (Wildman–Crippen LogP) is 3.98. The van der Waals surface area contributed by atoms with Crippen molar-refractivity contribution in [3.05, 3.63) is 40.4 Å². The summed E-state index contributed by atoms with van der Waals surface area (Å²) in [5.74, 6) is 0.191. The van der Waals surface area contributed by atoms with Crippen molar-refractivity contribution in [2.24, 2.45) is 0 Å². The summed E-state index contributed by atoms with van der Waals surface area (Å²) in [6.45, 7) is 6.39. The second-order valence-electron chi connectivity index (χ2n) is 4.25. The number of halogens is 2. The lowest BCUT2D eigenvalue weighted by Gasteiger charge is -2.12. The van der Waals surface area contributed by atoms with Crippen molar-refractivity contribution in [1.82, 2.24) is 9.97 Å². The van der Waals surface area contributed by atoms with Crippen LogP contribution in [0.15, 0.2) is 18.2 Å². The second-order valence-corrected chi connectivity index (χ2v) is 4.68. The van der Waals surface area contributed by atoms with Gasteiger partial charge in [-0.05, 0) is 39.0 Å². The number of rotatable bonds is 3. The first-order chi connectivity index (χ1) is 9.02. The molecule has 2 aromatic rings. The number of aromatic nitrogens is 2. The van der Waals surface area contributed by atoms with Crippen LogP contribution in [0.2, 0.25) is 5.02 Å². The molecule has 100 valence electrons. The van der Waals surface area contributed by atoms with Gasteiger partial charge in [0.1, 0.15) is 11.5 Å². The zero-order valence-electron chi connectivity index (χ0n) is 11.1. The van der Waals surface area contributed by atoms with Gasteiger partial charge in [-0.25, -0.2) is 14.4 Å². The lowest BCUT2D eigenvalue weighted by atomic mass is 10.1. The minimum Gasteiger partial charge on any atom is -0.369 e. The van der Waals surface area contributed by atoms with Crippen LogP contribution in [0.5, 0.6) is 0 Å². The molecule has 1 aromatic carbocycles. The molecule has 0 aliphatic rings. The average molecular weight is 280 g/mol. The van der Waals surface area contributed by atoms with Crippen LogP contribution in [0.1, 0.15) is 18.3 Å². The van der Waals surface area contributed by atoms with Crippen molar-refractivity contribution in [1.29, 1.82) is 0 Å². The largest absolute Gasteiger partial charge is 0.369 e. The molecule has 1 N–H and O–H groups in total. The van der Waals surface area contributed by atoms with E-state index in [1.54, 1.807) is 12.1 Å². The smallest absolute Gasteiger partial charge is 0.153 e. The molecule has 19 heavy (non-hydrogen) atoms.